The van der Waals surface area contributed by atoms with Gasteiger partial charge in [0.15, 0.2) is 0 Å². The van der Waals surface area contributed by atoms with Crippen molar-refractivity contribution in [1.29, 1.82) is 0 Å². The molecule has 0 aliphatic carbocycles. The lowest BCUT2D eigenvalue weighted by molar-refractivity contribution is -0.140. The molecule has 0 aliphatic heterocycles. The highest BCUT2D eigenvalue weighted by Crippen LogP contribution is 2.40. The van der Waals surface area contributed by atoms with Crippen LogP contribution >= 0.6 is 0 Å². The van der Waals surface area contributed by atoms with Gasteiger partial charge in [0, 0.05) is 12.2 Å². The Bertz CT molecular complexity index is 668. The highest BCUT2D eigenvalue weighted by molar-refractivity contribution is 5.87. The van der Waals surface area contributed by atoms with E-state index in [1.807, 2.05) is 6.92 Å². The minimum Gasteiger partial charge on any atom is -0.507 e. The van der Waals surface area contributed by atoms with Gasteiger partial charge in [-0.2, -0.15) is 0 Å². The molecule has 0 unspecified atom stereocenters. The number of esters is 1. The van der Waals surface area contributed by atoms with Crippen LogP contribution in [-0.2, 0) is 31.5 Å². The summed E-state index contributed by atoms with van der Waals surface area (Å²) in [6, 6.07) is 4.29. The van der Waals surface area contributed by atoms with Crippen LogP contribution < -0.4 is 0 Å². The Balaban J connectivity index is 2.53. The molecule has 4 heteroatoms. The Morgan fingerprint density at radius 3 is 2.00 bits per heavy atom. The van der Waals surface area contributed by atoms with Gasteiger partial charge in [-0.1, -0.05) is 59.8 Å². The zero-order valence-corrected chi connectivity index (χ0v) is 19.6. The van der Waals surface area contributed by atoms with Gasteiger partial charge in [-0.3, -0.25) is 0 Å². The molecular formula is C25H40O4. The van der Waals surface area contributed by atoms with Crippen LogP contribution in [0.3, 0.4) is 0 Å². The van der Waals surface area contributed by atoms with E-state index < -0.39 is 0 Å². The van der Waals surface area contributed by atoms with Crippen molar-refractivity contribution in [3.63, 3.8) is 0 Å². The zero-order chi connectivity index (χ0) is 22.2. The number of hydrogen-bond acceptors (Lipinski definition) is 4. The van der Waals surface area contributed by atoms with Crippen LogP contribution in [0.2, 0.25) is 0 Å². The van der Waals surface area contributed by atoms with Crippen LogP contribution in [0.15, 0.2) is 23.8 Å². The molecule has 1 aromatic carbocycles. The first-order valence-electron chi connectivity index (χ1n) is 10.6. The molecule has 0 aliphatic rings. The quantitative estimate of drug-likeness (QED) is 0.319. The largest absolute Gasteiger partial charge is 0.507 e. The first-order valence-corrected chi connectivity index (χ1v) is 10.6. The third-order valence-electron chi connectivity index (χ3n) is 5.01. The molecule has 1 rings (SSSR count). The van der Waals surface area contributed by atoms with Crippen molar-refractivity contribution in [3.05, 3.63) is 40.5 Å². The lowest BCUT2D eigenvalue weighted by Crippen LogP contribution is -2.18. The standard InChI is InChI=1S/C25H40O4/c1-9-18(2)23(27)29-15-14-28-13-11-10-12-19-16-20(24(3,4)5)22(26)21(17-19)25(6,7)8/h9,16-17,26H,10-15H2,1-8H3. The number of carbonyl (C=O) groups excluding carboxylic acids is 1. The van der Waals surface area contributed by atoms with Crippen molar-refractivity contribution in [2.24, 2.45) is 0 Å². The first-order chi connectivity index (χ1) is 13.4. The monoisotopic (exact) mass is 404 g/mol. The molecule has 0 fully saturated rings. The van der Waals surface area contributed by atoms with Crippen molar-refractivity contribution in [3.8, 4) is 5.75 Å². The Labute approximate surface area is 177 Å². The van der Waals surface area contributed by atoms with E-state index in [0.29, 0.717) is 24.5 Å². The molecule has 0 amide bonds. The van der Waals surface area contributed by atoms with Crippen LogP contribution in [0.5, 0.6) is 5.75 Å². The SMILES string of the molecule is CC=C(C)C(=O)OCCOCCCCc1cc(C(C)(C)C)c(O)c(C(C)(C)C)c1. The summed E-state index contributed by atoms with van der Waals surface area (Å²) in [6.07, 6.45) is 4.64. The Morgan fingerprint density at radius 2 is 1.52 bits per heavy atom. The number of phenolic OH excluding ortho intramolecular Hbond substituents is 1. The van der Waals surface area contributed by atoms with E-state index in [1.165, 1.54) is 5.56 Å². The number of benzene rings is 1. The second-order valence-corrected chi connectivity index (χ2v) is 9.72. The van der Waals surface area contributed by atoms with Gasteiger partial charge in [0.1, 0.15) is 12.4 Å². The molecule has 0 spiro atoms. The molecule has 29 heavy (non-hydrogen) atoms. The second kappa shape index (κ2) is 10.8. The second-order valence-electron chi connectivity index (χ2n) is 9.72. The minimum absolute atomic E-state index is 0.105. The molecule has 0 saturated heterocycles. The maximum atomic E-state index is 11.5. The van der Waals surface area contributed by atoms with Gasteiger partial charge in [0.25, 0.3) is 0 Å². The Morgan fingerprint density at radius 1 is 0.966 bits per heavy atom. The summed E-state index contributed by atoms with van der Waals surface area (Å²) in [5.74, 6) is 0.146. The molecule has 0 heterocycles. The topological polar surface area (TPSA) is 55.8 Å². The van der Waals surface area contributed by atoms with Gasteiger partial charge in [-0.15, -0.1) is 0 Å². The fraction of sp³-hybridized carbons (Fsp3) is 0.640. The number of carbonyl (C=O) groups is 1. The van der Waals surface area contributed by atoms with E-state index in [1.54, 1.807) is 13.0 Å². The predicted molar refractivity (Wildman–Crippen MR) is 120 cm³/mol. The molecule has 1 N–H and O–H groups in total. The van der Waals surface area contributed by atoms with Crippen LogP contribution in [0.25, 0.3) is 0 Å². The molecule has 4 nitrogen and oxygen atoms in total. The maximum Gasteiger partial charge on any atom is 0.333 e. The van der Waals surface area contributed by atoms with Crippen LogP contribution in [0, 0.1) is 0 Å². The van der Waals surface area contributed by atoms with Crippen LogP contribution in [0.4, 0.5) is 0 Å². The lowest BCUT2D eigenvalue weighted by atomic mass is 9.78. The third-order valence-corrected chi connectivity index (χ3v) is 5.01. The summed E-state index contributed by atoms with van der Waals surface area (Å²) in [4.78, 5) is 11.5. The highest BCUT2D eigenvalue weighted by atomic mass is 16.6. The molecule has 0 atom stereocenters. The number of aromatic hydroxyl groups is 1. The average molecular weight is 405 g/mol. The molecule has 0 saturated carbocycles. The van der Waals surface area contributed by atoms with Crippen LogP contribution in [0.1, 0.15) is 84.9 Å². The summed E-state index contributed by atoms with van der Waals surface area (Å²) >= 11 is 0. The highest BCUT2D eigenvalue weighted by Gasteiger charge is 2.26. The van der Waals surface area contributed by atoms with E-state index >= 15 is 0 Å². The third kappa shape index (κ3) is 8.22. The number of allylic oxidation sites excluding steroid dienone is 1. The van der Waals surface area contributed by atoms with E-state index in [9.17, 15) is 9.90 Å². The normalized spacial score (nSPS) is 12.9. The van der Waals surface area contributed by atoms with Gasteiger partial charge in [0.05, 0.1) is 6.61 Å². The van der Waals surface area contributed by atoms with Crippen molar-refractivity contribution in [1.82, 2.24) is 0 Å². The number of unbranched alkanes of at least 4 members (excludes halogenated alkanes) is 1. The first kappa shape index (κ1) is 25.2. The fourth-order valence-corrected chi connectivity index (χ4v) is 3.04. The summed E-state index contributed by atoms with van der Waals surface area (Å²) in [7, 11) is 0. The molecular weight excluding hydrogens is 364 g/mol. The molecule has 1 aromatic rings. The molecule has 0 aromatic heterocycles. The Hall–Kier alpha value is -1.81. The molecule has 0 bridgehead atoms. The summed E-state index contributed by atoms with van der Waals surface area (Å²) < 4.78 is 10.7. The molecule has 164 valence electrons. The van der Waals surface area contributed by atoms with Crippen LogP contribution in [-0.4, -0.2) is 30.9 Å². The number of ether oxygens (including phenoxy) is 2. The van der Waals surface area contributed by atoms with Crippen molar-refractivity contribution in [2.75, 3.05) is 19.8 Å². The van der Waals surface area contributed by atoms with Gasteiger partial charge < -0.3 is 14.6 Å². The van der Waals surface area contributed by atoms with E-state index in [2.05, 4.69) is 53.7 Å². The van der Waals surface area contributed by atoms with E-state index in [0.717, 1.165) is 30.4 Å². The van der Waals surface area contributed by atoms with E-state index in [4.69, 9.17) is 9.47 Å². The summed E-state index contributed by atoms with van der Waals surface area (Å²) in [5, 5.41) is 10.8. The summed E-state index contributed by atoms with van der Waals surface area (Å²) in [5.41, 5.74) is 3.68. The average Bonchev–Trinajstić information content (AvgIpc) is 2.61. The number of phenols is 1. The van der Waals surface area contributed by atoms with Gasteiger partial charge >= 0.3 is 5.97 Å². The van der Waals surface area contributed by atoms with Gasteiger partial charge in [-0.25, -0.2) is 4.79 Å². The Kier molecular flexibility index (Phi) is 9.41. The number of hydrogen-bond donors (Lipinski definition) is 1. The smallest absolute Gasteiger partial charge is 0.333 e. The van der Waals surface area contributed by atoms with E-state index in [-0.39, 0.29) is 23.4 Å². The van der Waals surface area contributed by atoms with Crippen molar-refractivity contribution < 1.29 is 19.4 Å². The van der Waals surface area contributed by atoms with Gasteiger partial charge in [-0.05, 0) is 60.6 Å². The summed E-state index contributed by atoms with van der Waals surface area (Å²) in [6.45, 7) is 17.7. The van der Waals surface area contributed by atoms with Gasteiger partial charge in [0.2, 0.25) is 0 Å². The van der Waals surface area contributed by atoms with Crippen molar-refractivity contribution >= 4 is 5.97 Å². The van der Waals surface area contributed by atoms with Crippen molar-refractivity contribution in [2.45, 2.75) is 85.5 Å². The fourth-order valence-electron chi connectivity index (χ4n) is 3.04. The zero-order valence-electron chi connectivity index (χ0n) is 19.6. The minimum atomic E-state index is -0.285. The maximum absolute atomic E-state index is 11.5. The lowest BCUT2D eigenvalue weighted by Gasteiger charge is -2.28. The predicted octanol–water partition coefficient (Wildman–Crippen LogP) is 5.84. The number of rotatable bonds is 9. The number of aryl methyl sites for hydroxylation is 1. The molecule has 0 radical (unpaired) electrons.